The molecule has 0 aromatic carbocycles. The van der Waals surface area contributed by atoms with Gasteiger partial charge in [-0.1, -0.05) is 0 Å². The van der Waals surface area contributed by atoms with Gasteiger partial charge in [0.25, 0.3) is 0 Å². The average molecular weight is 310 g/mol. The van der Waals surface area contributed by atoms with Crippen molar-refractivity contribution >= 4 is 15.8 Å². The van der Waals surface area contributed by atoms with E-state index in [4.69, 9.17) is 0 Å². The fourth-order valence-electron chi connectivity index (χ4n) is 3.14. The van der Waals surface area contributed by atoms with Crippen molar-refractivity contribution in [1.29, 1.82) is 0 Å². The van der Waals surface area contributed by atoms with Crippen LogP contribution in [0.25, 0.3) is 0 Å². The molecule has 0 N–H and O–H groups in total. The van der Waals surface area contributed by atoms with Crippen LogP contribution >= 0.6 is 0 Å². The van der Waals surface area contributed by atoms with Crippen molar-refractivity contribution in [2.45, 2.75) is 39.2 Å². The Morgan fingerprint density at radius 2 is 1.76 bits per heavy atom. The molecule has 2 aliphatic rings. The number of rotatable bonds is 2. The molecule has 1 aromatic rings. The Balaban J connectivity index is 1.99. The molecule has 6 nitrogen and oxygen atoms in total. The molecule has 1 aromatic heterocycles. The van der Waals surface area contributed by atoms with Crippen LogP contribution in [0.15, 0.2) is 0 Å². The van der Waals surface area contributed by atoms with E-state index in [0.717, 1.165) is 36.0 Å². The third-order valence-electron chi connectivity index (χ3n) is 4.24. The summed E-state index contributed by atoms with van der Waals surface area (Å²) in [6.07, 6.45) is 5.56. The van der Waals surface area contributed by atoms with E-state index in [1.807, 2.05) is 6.92 Å². The molecule has 1 saturated heterocycles. The molecule has 116 valence electrons. The van der Waals surface area contributed by atoms with Crippen LogP contribution in [0.3, 0.4) is 0 Å². The van der Waals surface area contributed by atoms with Crippen LogP contribution in [-0.4, -0.2) is 48.6 Å². The number of nitrogens with zero attached hydrogens (tertiary/aromatic N) is 4. The van der Waals surface area contributed by atoms with Crippen molar-refractivity contribution in [2.75, 3.05) is 30.8 Å². The Morgan fingerprint density at radius 1 is 1.05 bits per heavy atom. The topological polar surface area (TPSA) is 66.4 Å². The van der Waals surface area contributed by atoms with Gasteiger partial charge in [0.05, 0.1) is 11.9 Å². The second-order valence-electron chi connectivity index (χ2n) is 5.91. The lowest BCUT2D eigenvalue weighted by molar-refractivity contribution is 0.389. The lowest BCUT2D eigenvalue weighted by Gasteiger charge is -2.33. The number of fused-ring (bicyclic) bond motifs is 1. The summed E-state index contributed by atoms with van der Waals surface area (Å²) in [6.45, 7) is 4.84. The zero-order chi connectivity index (χ0) is 15.0. The van der Waals surface area contributed by atoms with Gasteiger partial charge in [0.2, 0.25) is 10.0 Å². The minimum atomic E-state index is -3.17. The molecule has 3 rings (SSSR count). The highest BCUT2D eigenvalue weighted by molar-refractivity contribution is 7.88. The zero-order valence-corrected chi connectivity index (χ0v) is 13.5. The van der Waals surface area contributed by atoms with Gasteiger partial charge < -0.3 is 4.90 Å². The highest BCUT2D eigenvalue weighted by Gasteiger charge is 2.29. The average Bonchev–Trinajstić information content (AvgIpc) is 2.46. The number of sulfonamides is 1. The van der Waals surface area contributed by atoms with E-state index in [2.05, 4.69) is 14.9 Å². The van der Waals surface area contributed by atoms with Crippen LogP contribution < -0.4 is 4.90 Å². The summed E-state index contributed by atoms with van der Waals surface area (Å²) in [5.74, 6) is 1.73. The Labute approximate surface area is 126 Å². The Bertz CT molecular complexity index is 639. The molecule has 0 saturated carbocycles. The maximum absolute atomic E-state index is 11.8. The first-order chi connectivity index (χ1) is 9.95. The van der Waals surface area contributed by atoms with E-state index in [1.165, 1.54) is 29.8 Å². The minimum Gasteiger partial charge on any atom is -0.356 e. The van der Waals surface area contributed by atoms with E-state index in [1.54, 1.807) is 0 Å². The summed E-state index contributed by atoms with van der Waals surface area (Å²) in [5.41, 5.74) is 2.02. The van der Waals surface area contributed by atoms with Gasteiger partial charge in [-0.2, -0.15) is 4.31 Å². The predicted octanol–water partition coefficient (Wildman–Crippen LogP) is 1.09. The molecule has 1 fully saturated rings. The van der Waals surface area contributed by atoms with Gasteiger partial charge in [-0.05, 0) is 26.2 Å². The Hall–Kier alpha value is -1.21. The first kappa shape index (κ1) is 14.7. The standard InChI is InChI=1S/C14H22N4O2S/c1-11-15-13-6-9-18(21(2,19)20)10-12(13)14(16-11)17-7-4-3-5-8-17/h3-10H2,1-2H3. The lowest BCUT2D eigenvalue weighted by atomic mass is 10.1. The second kappa shape index (κ2) is 5.53. The molecular weight excluding hydrogens is 288 g/mol. The number of anilines is 1. The highest BCUT2D eigenvalue weighted by Crippen LogP contribution is 2.29. The van der Waals surface area contributed by atoms with Crippen molar-refractivity contribution in [1.82, 2.24) is 14.3 Å². The Morgan fingerprint density at radius 3 is 2.43 bits per heavy atom. The summed E-state index contributed by atoms with van der Waals surface area (Å²) in [7, 11) is -3.17. The van der Waals surface area contributed by atoms with Crippen molar-refractivity contribution < 1.29 is 8.42 Å². The molecule has 0 radical (unpaired) electrons. The van der Waals surface area contributed by atoms with Gasteiger partial charge in [-0.3, -0.25) is 0 Å². The highest BCUT2D eigenvalue weighted by atomic mass is 32.2. The monoisotopic (exact) mass is 310 g/mol. The molecule has 2 aliphatic heterocycles. The first-order valence-corrected chi connectivity index (χ1v) is 9.36. The molecule has 0 amide bonds. The van der Waals surface area contributed by atoms with E-state index in [-0.39, 0.29) is 0 Å². The Kier molecular flexibility index (Phi) is 3.88. The van der Waals surface area contributed by atoms with Gasteiger partial charge in [-0.15, -0.1) is 0 Å². The minimum absolute atomic E-state index is 0.403. The van der Waals surface area contributed by atoms with Crippen LogP contribution in [-0.2, 0) is 23.0 Å². The van der Waals surface area contributed by atoms with E-state index in [9.17, 15) is 8.42 Å². The van der Waals surface area contributed by atoms with Crippen molar-refractivity contribution in [3.63, 3.8) is 0 Å². The lowest BCUT2D eigenvalue weighted by Crippen LogP contribution is -2.38. The molecule has 0 atom stereocenters. The van der Waals surface area contributed by atoms with Gasteiger partial charge in [0.15, 0.2) is 0 Å². The molecule has 0 spiro atoms. The molecule has 3 heterocycles. The number of aromatic nitrogens is 2. The summed E-state index contributed by atoms with van der Waals surface area (Å²) in [6, 6.07) is 0. The number of aryl methyl sites for hydroxylation is 1. The van der Waals surface area contributed by atoms with E-state index in [0.29, 0.717) is 19.5 Å². The second-order valence-corrected chi connectivity index (χ2v) is 7.90. The van der Waals surface area contributed by atoms with Gasteiger partial charge in [0, 0.05) is 38.2 Å². The molecule has 0 unspecified atom stereocenters. The summed E-state index contributed by atoms with van der Waals surface area (Å²) in [4.78, 5) is 11.4. The maximum atomic E-state index is 11.8. The van der Waals surface area contributed by atoms with Crippen LogP contribution in [0.1, 0.15) is 36.3 Å². The molecule has 0 bridgehead atoms. The van der Waals surface area contributed by atoms with Crippen molar-refractivity contribution in [2.24, 2.45) is 0 Å². The molecule has 7 heteroatoms. The normalized spacial score (nSPS) is 20.4. The predicted molar refractivity (Wildman–Crippen MR) is 81.8 cm³/mol. The largest absolute Gasteiger partial charge is 0.356 e. The van der Waals surface area contributed by atoms with Crippen LogP contribution in [0.2, 0.25) is 0 Å². The fourth-order valence-corrected chi connectivity index (χ4v) is 3.93. The van der Waals surface area contributed by atoms with E-state index >= 15 is 0 Å². The summed E-state index contributed by atoms with van der Waals surface area (Å²) < 4.78 is 25.2. The van der Waals surface area contributed by atoms with Gasteiger partial charge in [-0.25, -0.2) is 18.4 Å². The molecular formula is C14H22N4O2S. The number of hydrogen-bond acceptors (Lipinski definition) is 5. The quantitative estimate of drug-likeness (QED) is 0.818. The zero-order valence-electron chi connectivity index (χ0n) is 12.7. The van der Waals surface area contributed by atoms with Crippen LogP contribution in [0.5, 0.6) is 0 Å². The summed E-state index contributed by atoms with van der Waals surface area (Å²) >= 11 is 0. The van der Waals surface area contributed by atoms with Gasteiger partial charge >= 0.3 is 0 Å². The van der Waals surface area contributed by atoms with E-state index < -0.39 is 10.0 Å². The van der Waals surface area contributed by atoms with Crippen LogP contribution in [0, 0.1) is 6.92 Å². The molecule has 21 heavy (non-hydrogen) atoms. The van der Waals surface area contributed by atoms with Crippen LogP contribution in [0.4, 0.5) is 5.82 Å². The van der Waals surface area contributed by atoms with Crippen molar-refractivity contribution in [3.8, 4) is 0 Å². The van der Waals surface area contributed by atoms with Crippen molar-refractivity contribution in [3.05, 3.63) is 17.1 Å². The van der Waals surface area contributed by atoms with Gasteiger partial charge in [0.1, 0.15) is 11.6 Å². The third-order valence-corrected chi connectivity index (χ3v) is 5.49. The molecule has 0 aliphatic carbocycles. The number of piperidine rings is 1. The third kappa shape index (κ3) is 3.03. The smallest absolute Gasteiger partial charge is 0.211 e. The maximum Gasteiger partial charge on any atom is 0.211 e. The first-order valence-electron chi connectivity index (χ1n) is 7.51. The summed E-state index contributed by atoms with van der Waals surface area (Å²) in [5, 5.41) is 0. The number of hydrogen-bond donors (Lipinski definition) is 0. The fraction of sp³-hybridized carbons (Fsp3) is 0.714. The SMILES string of the molecule is Cc1nc2c(c(N3CCCCC3)n1)CN(S(C)(=O)=O)CC2.